The Bertz CT molecular complexity index is 2510. The molecule has 17 heteroatoms. The van der Waals surface area contributed by atoms with Gasteiger partial charge in [0.05, 0.1) is 41.4 Å². The molecule has 2 unspecified atom stereocenters. The molecule has 11 atom stereocenters. The largest absolute Gasteiger partial charge is 0.481 e. The smallest absolute Gasteiger partial charge is 0.350 e. The van der Waals surface area contributed by atoms with Crippen molar-refractivity contribution in [3.63, 3.8) is 0 Å². The van der Waals surface area contributed by atoms with E-state index >= 15 is 9.59 Å². The van der Waals surface area contributed by atoms with E-state index in [9.17, 15) is 44.4 Å². The molecule has 17 nitrogen and oxygen atoms in total. The van der Waals surface area contributed by atoms with Crippen LogP contribution in [0.4, 0.5) is 0 Å². The number of aliphatic carboxylic acids is 1. The van der Waals surface area contributed by atoms with E-state index in [1.165, 1.54) is 65.8 Å². The standard InChI is InChI=1S/C51H57NO16/c1-27-32(65-45(60)39(66-35(55)25-47(3,4)46(61)62)37(29-17-11-8-12-18-29)52-43(58)30-19-13-9-14-20-30)24-51(63)42(67-44(59)31-21-15-10-16-22-31)40-49(7,41(57)38(56)36(27)48(51,5)6)33(54)23-34-50(40,26-64-34)68-28(2)53/h8-22,32-34,37-40,42,54,56,63H,23-26H2,1-7H3,(H,52,58)(H,61,62)/t32-,33-,34+,37-,38+,39+,40?,42?,49+,50-,51+/m0/s1. The molecule has 1 amide bonds. The number of aliphatic hydroxyl groups is 3. The first kappa shape index (κ1) is 49.6. The van der Waals surface area contributed by atoms with E-state index in [4.69, 9.17) is 23.7 Å². The zero-order valence-corrected chi connectivity index (χ0v) is 38.8. The summed E-state index contributed by atoms with van der Waals surface area (Å²) in [6.45, 7) is 9.21. The molecular weight excluding hydrogens is 883 g/mol. The van der Waals surface area contributed by atoms with E-state index < -0.39 is 130 Å². The van der Waals surface area contributed by atoms with E-state index in [1.54, 1.807) is 66.7 Å². The number of esters is 4. The summed E-state index contributed by atoms with van der Waals surface area (Å²) in [5.41, 5.74) is -9.33. The number of Topliss-reactive ketones (excluding diaryl/α,β-unsaturated/α-hetero) is 1. The molecule has 3 aromatic rings. The number of nitrogens with one attached hydrogen (secondary N) is 1. The van der Waals surface area contributed by atoms with E-state index in [-0.39, 0.29) is 40.9 Å². The highest BCUT2D eigenvalue weighted by atomic mass is 16.6. The van der Waals surface area contributed by atoms with Crippen molar-refractivity contribution < 1.29 is 77.7 Å². The van der Waals surface area contributed by atoms with Crippen LogP contribution in [0, 0.1) is 22.2 Å². The number of carbonyl (C=O) groups is 7. The highest BCUT2D eigenvalue weighted by Gasteiger charge is 2.78. The lowest BCUT2D eigenvalue weighted by Gasteiger charge is -2.67. The maximum absolute atomic E-state index is 15.2. The van der Waals surface area contributed by atoms with Crippen molar-refractivity contribution in [2.45, 2.75) is 122 Å². The summed E-state index contributed by atoms with van der Waals surface area (Å²) in [6, 6.07) is 22.2. The monoisotopic (exact) mass is 939 g/mol. The lowest BCUT2D eigenvalue weighted by Crippen LogP contribution is -2.81. The third-order valence-corrected chi connectivity index (χ3v) is 14.6. The van der Waals surface area contributed by atoms with Gasteiger partial charge in [-0.25, -0.2) is 9.59 Å². The quantitative estimate of drug-likeness (QED) is 0.0913. The summed E-state index contributed by atoms with van der Waals surface area (Å²) >= 11 is 0. The van der Waals surface area contributed by atoms with E-state index in [0.29, 0.717) is 0 Å². The number of benzene rings is 3. The van der Waals surface area contributed by atoms with Crippen molar-refractivity contribution in [1.82, 2.24) is 5.32 Å². The van der Waals surface area contributed by atoms with Crippen LogP contribution in [0.5, 0.6) is 0 Å². The number of carboxylic acid groups (broad SMARTS) is 1. The van der Waals surface area contributed by atoms with Gasteiger partial charge >= 0.3 is 29.8 Å². The first-order chi connectivity index (χ1) is 31.9. The number of fused-ring (bicyclic) bond motifs is 5. The maximum Gasteiger partial charge on any atom is 0.350 e. The molecule has 3 fully saturated rings. The predicted molar refractivity (Wildman–Crippen MR) is 238 cm³/mol. The number of amides is 1. The zero-order valence-electron chi connectivity index (χ0n) is 38.8. The molecule has 2 bridgehead atoms. The highest BCUT2D eigenvalue weighted by Crippen LogP contribution is 2.64. The van der Waals surface area contributed by atoms with Gasteiger partial charge in [-0.05, 0) is 68.7 Å². The molecular formula is C51H57NO16. The Labute approximate surface area is 392 Å². The van der Waals surface area contributed by atoms with Gasteiger partial charge in [0.1, 0.15) is 36.1 Å². The first-order valence-electron chi connectivity index (χ1n) is 22.4. The van der Waals surface area contributed by atoms with Crippen LogP contribution in [0.25, 0.3) is 0 Å². The van der Waals surface area contributed by atoms with Gasteiger partial charge in [-0.15, -0.1) is 0 Å². The molecule has 3 aliphatic carbocycles. The Morgan fingerprint density at radius 3 is 1.99 bits per heavy atom. The number of ketones is 1. The van der Waals surface area contributed by atoms with Gasteiger partial charge in [-0.2, -0.15) is 0 Å². The summed E-state index contributed by atoms with van der Waals surface area (Å²) in [6.07, 6.45) is -11.9. The minimum Gasteiger partial charge on any atom is -0.481 e. The number of rotatable bonds is 13. The number of hydrogen-bond donors (Lipinski definition) is 5. The molecule has 5 N–H and O–H groups in total. The highest BCUT2D eigenvalue weighted by molar-refractivity contribution is 5.96. The molecule has 0 aromatic heterocycles. The minimum atomic E-state index is -2.47. The molecule has 1 aliphatic heterocycles. The third-order valence-electron chi connectivity index (χ3n) is 14.6. The number of aliphatic hydroxyl groups excluding tert-OH is 2. The average molecular weight is 940 g/mol. The Morgan fingerprint density at radius 1 is 0.868 bits per heavy atom. The van der Waals surface area contributed by atoms with Crippen molar-refractivity contribution in [2.24, 2.45) is 22.2 Å². The molecule has 1 saturated heterocycles. The lowest BCUT2D eigenvalue weighted by atomic mass is 9.44. The number of carbonyl (C=O) groups excluding carboxylic acids is 6. The summed E-state index contributed by atoms with van der Waals surface area (Å²) < 4.78 is 30.4. The molecule has 0 spiro atoms. The zero-order chi connectivity index (χ0) is 49.7. The summed E-state index contributed by atoms with van der Waals surface area (Å²) in [5, 5.41) is 50.7. The van der Waals surface area contributed by atoms with Crippen molar-refractivity contribution in [2.75, 3.05) is 6.61 Å². The van der Waals surface area contributed by atoms with Gasteiger partial charge in [0.15, 0.2) is 11.4 Å². The molecule has 1 heterocycles. The van der Waals surface area contributed by atoms with Crippen LogP contribution in [0.1, 0.15) is 100 Å². The first-order valence-corrected chi connectivity index (χ1v) is 22.4. The molecule has 3 aromatic carbocycles. The van der Waals surface area contributed by atoms with Gasteiger partial charge < -0.3 is 49.4 Å². The van der Waals surface area contributed by atoms with Crippen molar-refractivity contribution in [1.29, 1.82) is 0 Å². The average Bonchev–Trinajstić information content (AvgIpc) is 3.29. The Kier molecular flexibility index (Phi) is 13.4. The summed E-state index contributed by atoms with van der Waals surface area (Å²) in [4.78, 5) is 97.3. The second-order valence-electron chi connectivity index (χ2n) is 19.6. The fourth-order valence-corrected chi connectivity index (χ4v) is 10.7. The van der Waals surface area contributed by atoms with Gasteiger partial charge in [0.25, 0.3) is 5.91 Å². The number of ether oxygens (including phenoxy) is 5. The van der Waals surface area contributed by atoms with Crippen LogP contribution in [-0.2, 0) is 47.7 Å². The van der Waals surface area contributed by atoms with Gasteiger partial charge in [-0.1, -0.05) is 80.6 Å². The number of hydrogen-bond acceptors (Lipinski definition) is 15. The van der Waals surface area contributed by atoms with Crippen LogP contribution in [-0.4, -0.2) is 116 Å². The fraction of sp³-hybridized carbons (Fsp3) is 0.471. The van der Waals surface area contributed by atoms with Crippen LogP contribution in [0.3, 0.4) is 0 Å². The van der Waals surface area contributed by atoms with Crippen LogP contribution < -0.4 is 5.32 Å². The molecule has 68 heavy (non-hydrogen) atoms. The van der Waals surface area contributed by atoms with Gasteiger partial charge in [0, 0.05) is 30.7 Å². The molecule has 0 radical (unpaired) electrons. The van der Waals surface area contributed by atoms with Crippen molar-refractivity contribution in [3.05, 3.63) is 119 Å². The molecule has 7 rings (SSSR count). The predicted octanol–water partition coefficient (Wildman–Crippen LogP) is 4.22. The number of carboxylic acids is 1. The second-order valence-corrected chi connectivity index (χ2v) is 19.6. The fourth-order valence-electron chi connectivity index (χ4n) is 10.7. The molecule has 362 valence electrons. The second kappa shape index (κ2) is 18.3. The Hall–Kier alpha value is -6.27. The molecule has 2 saturated carbocycles. The summed E-state index contributed by atoms with van der Waals surface area (Å²) in [5.74, 6) is -8.80. The van der Waals surface area contributed by atoms with Gasteiger partial charge in [-0.3, -0.25) is 24.0 Å². The van der Waals surface area contributed by atoms with E-state index in [1.807, 2.05) is 0 Å². The SMILES string of the molecule is CC(=O)O[C@@]12CO[C@@H]1C[C@H](O)[C@@]1(C)C(=O)[C@H](O)C3=C(C)[C@@H](OC(=O)[C@H](OC(=O)CC(C)(C)C(=O)O)[C@@H](NC(=O)c4ccccc4)c4ccccc4)C[C@@](O)(C(OC(=O)c4ccccc4)C12)C3(C)C. The maximum atomic E-state index is 15.2. The molecule has 4 aliphatic rings. The van der Waals surface area contributed by atoms with E-state index in [0.717, 1.165) is 6.92 Å². The Balaban J connectivity index is 1.39. The van der Waals surface area contributed by atoms with E-state index in [2.05, 4.69) is 5.32 Å². The van der Waals surface area contributed by atoms with Crippen molar-refractivity contribution in [3.8, 4) is 0 Å². The van der Waals surface area contributed by atoms with Crippen molar-refractivity contribution >= 4 is 41.5 Å². The minimum absolute atomic E-state index is 0.0364. The normalized spacial score (nSPS) is 30.3. The summed E-state index contributed by atoms with van der Waals surface area (Å²) in [7, 11) is 0. The Morgan fingerprint density at radius 2 is 1.44 bits per heavy atom. The van der Waals surface area contributed by atoms with Crippen LogP contribution in [0.15, 0.2) is 102 Å². The topological polar surface area (TPSA) is 259 Å². The van der Waals surface area contributed by atoms with Crippen LogP contribution >= 0.6 is 0 Å². The van der Waals surface area contributed by atoms with Crippen LogP contribution in [0.2, 0.25) is 0 Å². The third kappa shape index (κ3) is 8.50. The lowest BCUT2D eigenvalue weighted by molar-refractivity contribution is -0.346. The van der Waals surface area contributed by atoms with Gasteiger partial charge in [0.2, 0.25) is 6.10 Å².